The second-order valence-corrected chi connectivity index (χ2v) is 5.03. The molecule has 5 heteroatoms. The Balaban J connectivity index is 2.25. The van der Waals surface area contributed by atoms with Crippen molar-refractivity contribution in [2.75, 3.05) is 0 Å². The molecule has 1 aromatic rings. The monoisotopic (exact) mass is 241 g/mol. The number of rotatable bonds is 3. The molecule has 0 bridgehead atoms. The van der Waals surface area contributed by atoms with Crippen molar-refractivity contribution in [1.82, 2.24) is 4.98 Å². The minimum atomic E-state index is -0.883. The van der Waals surface area contributed by atoms with Gasteiger partial charge in [-0.1, -0.05) is 6.92 Å². The maximum absolute atomic E-state index is 11.0. The highest BCUT2D eigenvalue weighted by Crippen LogP contribution is 2.35. The van der Waals surface area contributed by atoms with Crippen molar-refractivity contribution in [3.05, 3.63) is 15.6 Å². The van der Waals surface area contributed by atoms with E-state index < -0.39 is 5.97 Å². The molecule has 2 unspecified atom stereocenters. The zero-order chi connectivity index (χ0) is 11.7. The minimum Gasteiger partial charge on any atom is -0.477 e. The predicted molar refractivity (Wildman–Crippen MR) is 61.0 cm³/mol. The summed E-state index contributed by atoms with van der Waals surface area (Å²) in [5.41, 5.74) is 0.677. The molecule has 1 N–H and O–H groups in total. The number of ether oxygens (including phenoxy) is 1. The van der Waals surface area contributed by atoms with E-state index in [1.165, 1.54) is 11.3 Å². The Labute approximate surface area is 98.3 Å². The van der Waals surface area contributed by atoms with Crippen LogP contribution in [-0.2, 0) is 11.2 Å². The first kappa shape index (κ1) is 11.5. The molecule has 0 aliphatic carbocycles. The highest BCUT2D eigenvalue weighted by molar-refractivity contribution is 7.13. The molecule has 1 aromatic heterocycles. The fraction of sp³-hybridized carbons (Fsp3) is 0.636. The van der Waals surface area contributed by atoms with Crippen LogP contribution in [0.15, 0.2) is 0 Å². The third-order valence-corrected chi connectivity index (χ3v) is 3.93. The normalized spacial score (nSPS) is 24.9. The zero-order valence-corrected chi connectivity index (χ0v) is 10.2. The number of hydrogen-bond donors (Lipinski definition) is 1. The van der Waals surface area contributed by atoms with Gasteiger partial charge in [-0.3, -0.25) is 0 Å². The van der Waals surface area contributed by atoms with Crippen LogP contribution in [0.5, 0.6) is 0 Å². The Morgan fingerprint density at radius 3 is 2.81 bits per heavy atom. The van der Waals surface area contributed by atoms with Crippen LogP contribution in [0.4, 0.5) is 0 Å². The summed E-state index contributed by atoms with van der Waals surface area (Å²) < 4.78 is 5.69. The van der Waals surface area contributed by atoms with Gasteiger partial charge >= 0.3 is 5.97 Å². The third kappa shape index (κ3) is 2.10. The van der Waals surface area contributed by atoms with Crippen LogP contribution >= 0.6 is 11.3 Å². The maximum Gasteiger partial charge on any atom is 0.347 e. The van der Waals surface area contributed by atoms with Gasteiger partial charge in [-0.15, -0.1) is 11.3 Å². The first-order chi connectivity index (χ1) is 7.61. The molecule has 0 spiro atoms. The summed E-state index contributed by atoms with van der Waals surface area (Å²) in [6, 6.07) is 0. The predicted octanol–water partition coefficient (Wildman–Crippen LogP) is 2.64. The van der Waals surface area contributed by atoms with E-state index in [0.29, 0.717) is 17.0 Å². The van der Waals surface area contributed by atoms with Gasteiger partial charge in [-0.2, -0.15) is 0 Å². The van der Waals surface area contributed by atoms with Crippen molar-refractivity contribution in [3.63, 3.8) is 0 Å². The molecule has 0 aromatic carbocycles. The first-order valence-corrected chi connectivity index (χ1v) is 6.31. The molecular weight excluding hydrogens is 226 g/mol. The van der Waals surface area contributed by atoms with Gasteiger partial charge in [0.25, 0.3) is 0 Å². The summed E-state index contributed by atoms with van der Waals surface area (Å²) in [5.74, 6) is -0.883. The largest absolute Gasteiger partial charge is 0.477 e. The first-order valence-electron chi connectivity index (χ1n) is 5.50. The van der Waals surface area contributed by atoms with Gasteiger partial charge in [0.15, 0.2) is 0 Å². The summed E-state index contributed by atoms with van der Waals surface area (Å²) in [6.45, 7) is 3.95. The fourth-order valence-electron chi connectivity index (χ4n) is 1.90. The minimum absolute atomic E-state index is 0.00148. The van der Waals surface area contributed by atoms with Crippen LogP contribution in [0.2, 0.25) is 0 Å². The number of carbonyl (C=O) groups is 1. The van der Waals surface area contributed by atoms with E-state index in [-0.39, 0.29) is 12.2 Å². The second-order valence-electron chi connectivity index (χ2n) is 4.00. The SMILES string of the molecule is CCc1nc(C2CCC(C)O2)sc1C(=O)O. The molecular formula is C11H15NO3S. The van der Waals surface area contributed by atoms with Crippen LogP contribution in [0.3, 0.4) is 0 Å². The Kier molecular flexibility index (Phi) is 3.25. The summed E-state index contributed by atoms with van der Waals surface area (Å²) in [6.07, 6.45) is 2.87. The van der Waals surface area contributed by atoms with Crippen molar-refractivity contribution < 1.29 is 14.6 Å². The average Bonchev–Trinajstić information content (AvgIpc) is 2.82. The molecule has 16 heavy (non-hydrogen) atoms. The van der Waals surface area contributed by atoms with E-state index in [9.17, 15) is 4.79 Å². The zero-order valence-electron chi connectivity index (χ0n) is 9.40. The summed E-state index contributed by atoms with van der Waals surface area (Å²) in [4.78, 5) is 15.7. The van der Waals surface area contributed by atoms with Crippen molar-refractivity contribution in [1.29, 1.82) is 0 Å². The number of hydrogen-bond acceptors (Lipinski definition) is 4. The topological polar surface area (TPSA) is 59.4 Å². The van der Waals surface area contributed by atoms with Crippen molar-refractivity contribution in [3.8, 4) is 0 Å². The number of aromatic nitrogens is 1. The van der Waals surface area contributed by atoms with Crippen molar-refractivity contribution >= 4 is 17.3 Å². The van der Waals surface area contributed by atoms with Crippen LogP contribution in [0.25, 0.3) is 0 Å². The molecule has 0 amide bonds. The molecule has 0 saturated carbocycles. The van der Waals surface area contributed by atoms with Crippen molar-refractivity contribution in [2.24, 2.45) is 0 Å². The molecule has 2 heterocycles. The van der Waals surface area contributed by atoms with Crippen LogP contribution in [-0.4, -0.2) is 22.2 Å². The molecule has 88 valence electrons. The quantitative estimate of drug-likeness (QED) is 0.883. The van der Waals surface area contributed by atoms with Crippen LogP contribution in [0, 0.1) is 0 Å². The lowest BCUT2D eigenvalue weighted by atomic mass is 10.2. The molecule has 1 fully saturated rings. The maximum atomic E-state index is 11.0. The lowest BCUT2D eigenvalue weighted by molar-refractivity contribution is 0.0553. The van der Waals surface area contributed by atoms with E-state index in [2.05, 4.69) is 4.98 Å². The highest BCUT2D eigenvalue weighted by Gasteiger charge is 2.28. The smallest absolute Gasteiger partial charge is 0.347 e. The van der Waals surface area contributed by atoms with Gasteiger partial charge in [0.2, 0.25) is 0 Å². The summed E-state index contributed by atoms with van der Waals surface area (Å²) in [7, 11) is 0. The number of nitrogens with zero attached hydrogens (tertiary/aromatic N) is 1. The van der Waals surface area contributed by atoms with E-state index in [4.69, 9.17) is 9.84 Å². The number of carboxylic acid groups (broad SMARTS) is 1. The van der Waals surface area contributed by atoms with Gasteiger partial charge < -0.3 is 9.84 Å². The molecule has 1 aliphatic heterocycles. The Bertz CT molecular complexity index is 402. The van der Waals surface area contributed by atoms with Gasteiger partial charge in [0.05, 0.1) is 11.8 Å². The second kappa shape index (κ2) is 4.51. The standard InChI is InChI=1S/C11H15NO3S/c1-3-7-9(11(13)14)16-10(12-7)8-5-4-6(2)15-8/h6,8H,3-5H2,1-2H3,(H,13,14). The van der Waals surface area contributed by atoms with E-state index >= 15 is 0 Å². The fourth-order valence-corrected chi connectivity index (χ4v) is 2.96. The molecule has 1 aliphatic rings. The molecule has 2 rings (SSSR count). The van der Waals surface area contributed by atoms with Crippen LogP contribution in [0.1, 0.15) is 53.2 Å². The highest BCUT2D eigenvalue weighted by atomic mass is 32.1. The lowest BCUT2D eigenvalue weighted by Gasteiger charge is -2.06. The Morgan fingerprint density at radius 1 is 1.62 bits per heavy atom. The van der Waals surface area contributed by atoms with E-state index in [1.54, 1.807) is 0 Å². The molecule has 4 nitrogen and oxygen atoms in total. The van der Waals surface area contributed by atoms with Crippen LogP contribution < -0.4 is 0 Å². The van der Waals surface area contributed by atoms with Gasteiger partial charge in [-0.25, -0.2) is 9.78 Å². The Morgan fingerprint density at radius 2 is 2.38 bits per heavy atom. The van der Waals surface area contributed by atoms with Gasteiger partial charge in [0.1, 0.15) is 16.0 Å². The Hall–Kier alpha value is -0.940. The number of thiazole rings is 1. The number of carboxylic acids is 1. The number of aromatic carboxylic acids is 1. The molecule has 0 radical (unpaired) electrons. The number of aryl methyl sites for hydroxylation is 1. The molecule has 1 saturated heterocycles. The van der Waals surface area contributed by atoms with Crippen molar-refractivity contribution in [2.45, 2.75) is 45.3 Å². The molecule has 2 atom stereocenters. The summed E-state index contributed by atoms with van der Waals surface area (Å²) >= 11 is 1.26. The van der Waals surface area contributed by atoms with Gasteiger partial charge in [0, 0.05) is 0 Å². The van der Waals surface area contributed by atoms with E-state index in [1.807, 2.05) is 13.8 Å². The average molecular weight is 241 g/mol. The van der Waals surface area contributed by atoms with Gasteiger partial charge in [-0.05, 0) is 26.2 Å². The van der Waals surface area contributed by atoms with E-state index in [0.717, 1.165) is 17.8 Å². The lowest BCUT2D eigenvalue weighted by Crippen LogP contribution is -2.00. The summed E-state index contributed by atoms with van der Waals surface area (Å²) in [5, 5.41) is 9.85. The third-order valence-electron chi connectivity index (χ3n) is 2.75.